The van der Waals surface area contributed by atoms with Gasteiger partial charge >= 0.3 is 0 Å². The summed E-state index contributed by atoms with van der Waals surface area (Å²) in [6, 6.07) is 13.0. The fraction of sp³-hybridized carbons (Fsp3) is 0.458. The molecular weight excluding hydrogens is 376 g/mol. The van der Waals surface area contributed by atoms with E-state index in [9.17, 15) is 4.79 Å². The minimum atomic E-state index is 0.0296. The standard InChI is InChI=1S/C24H30N4O2/c1-5-28(20-11-12-27(15-20)17(4)18-9-7-6-8-10-18)24(29)19-13-21-22(16(2)3)26-30-23(21)25-14-19/h6-10,13-14,16-17,20H,5,11-12,15H2,1-4H3. The van der Waals surface area contributed by atoms with E-state index in [4.69, 9.17) is 4.52 Å². The Labute approximate surface area is 177 Å². The van der Waals surface area contributed by atoms with Gasteiger partial charge in [-0.1, -0.05) is 49.3 Å². The van der Waals surface area contributed by atoms with Crippen LogP contribution >= 0.6 is 0 Å². The fourth-order valence-electron chi connectivity index (χ4n) is 4.43. The number of amides is 1. The zero-order chi connectivity index (χ0) is 21.3. The van der Waals surface area contributed by atoms with Gasteiger partial charge in [-0.25, -0.2) is 4.98 Å². The van der Waals surface area contributed by atoms with Gasteiger partial charge in [-0.15, -0.1) is 0 Å². The lowest BCUT2D eigenvalue weighted by Gasteiger charge is -2.30. The SMILES string of the molecule is CCN(C(=O)c1cnc2onc(C(C)C)c2c1)C1CCN(C(C)c2ccccc2)C1. The largest absolute Gasteiger partial charge is 0.336 e. The highest BCUT2D eigenvalue weighted by Crippen LogP contribution is 2.28. The van der Waals surface area contributed by atoms with Crippen molar-refractivity contribution in [3.63, 3.8) is 0 Å². The molecule has 1 fully saturated rings. The van der Waals surface area contributed by atoms with Crippen molar-refractivity contribution in [2.24, 2.45) is 0 Å². The Kier molecular flexibility index (Phi) is 5.86. The van der Waals surface area contributed by atoms with E-state index >= 15 is 0 Å². The van der Waals surface area contributed by atoms with Crippen LogP contribution in [-0.4, -0.2) is 51.5 Å². The smallest absolute Gasteiger partial charge is 0.257 e. The average Bonchev–Trinajstić information content (AvgIpc) is 3.41. The van der Waals surface area contributed by atoms with E-state index in [0.29, 0.717) is 23.9 Å². The highest BCUT2D eigenvalue weighted by Gasteiger charge is 2.33. The molecule has 3 aromatic rings. The molecule has 2 atom stereocenters. The highest BCUT2D eigenvalue weighted by molar-refractivity contribution is 5.97. The van der Waals surface area contributed by atoms with Crippen LogP contribution in [0.4, 0.5) is 0 Å². The molecule has 1 aliphatic heterocycles. The van der Waals surface area contributed by atoms with E-state index in [1.54, 1.807) is 6.20 Å². The maximum Gasteiger partial charge on any atom is 0.257 e. The number of likely N-dealkylation sites (N-methyl/N-ethyl adjacent to an activating group) is 1. The molecule has 2 aromatic heterocycles. The first kappa shape index (κ1) is 20.5. The van der Waals surface area contributed by atoms with Gasteiger partial charge in [0.05, 0.1) is 16.6 Å². The molecule has 0 saturated carbocycles. The van der Waals surface area contributed by atoms with Crippen LogP contribution < -0.4 is 0 Å². The van der Waals surface area contributed by atoms with Gasteiger partial charge in [0.25, 0.3) is 11.6 Å². The molecule has 1 aromatic carbocycles. The molecule has 0 aliphatic carbocycles. The first-order valence-electron chi connectivity index (χ1n) is 10.8. The van der Waals surface area contributed by atoms with Crippen molar-refractivity contribution in [1.82, 2.24) is 19.9 Å². The van der Waals surface area contributed by atoms with E-state index in [2.05, 4.69) is 60.1 Å². The topological polar surface area (TPSA) is 62.5 Å². The third-order valence-corrected chi connectivity index (χ3v) is 6.22. The van der Waals surface area contributed by atoms with Crippen LogP contribution in [0.3, 0.4) is 0 Å². The van der Waals surface area contributed by atoms with Gasteiger partial charge in [0, 0.05) is 37.9 Å². The molecule has 0 bridgehead atoms. The van der Waals surface area contributed by atoms with Gasteiger partial charge in [-0.05, 0) is 37.8 Å². The molecule has 0 N–H and O–H groups in total. The first-order valence-corrected chi connectivity index (χ1v) is 10.8. The van der Waals surface area contributed by atoms with Crippen molar-refractivity contribution < 1.29 is 9.32 Å². The van der Waals surface area contributed by atoms with Crippen LogP contribution in [0.5, 0.6) is 0 Å². The van der Waals surface area contributed by atoms with Crippen molar-refractivity contribution in [3.8, 4) is 0 Å². The second kappa shape index (κ2) is 8.56. The molecule has 1 aliphatic rings. The number of pyridine rings is 1. The van der Waals surface area contributed by atoms with Gasteiger partial charge in [-0.2, -0.15) is 0 Å². The first-order chi connectivity index (χ1) is 14.5. The van der Waals surface area contributed by atoms with Crippen LogP contribution in [0, 0.1) is 0 Å². The summed E-state index contributed by atoms with van der Waals surface area (Å²) in [6.45, 7) is 11.0. The zero-order valence-corrected chi connectivity index (χ0v) is 18.2. The molecule has 30 heavy (non-hydrogen) atoms. The number of likely N-dealkylation sites (tertiary alicyclic amines) is 1. The Morgan fingerprint density at radius 2 is 2.03 bits per heavy atom. The van der Waals surface area contributed by atoms with Crippen molar-refractivity contribution >= 4 is 17.0 Å². The normalized spacial score (nSPS) is 18.2. The number of carbonyl (C=O) groups is 1. The van der Waals surface area contributed by atoms with Crippen molar-refractivity contribution in [2.75, 3.05) is 19.6 Å². The van der Waals surface area contributed by atoms with Gasteiger partial charge in [0.15, 0.2) is 0 Å². The Morgan fingerprint density at radius 1 is 1.27 bits per heavy atom. The van der Waals surface area contributed by atoms with Crippen molar-refractivity contribution in [1.29, 1.82) is 0 Å². The van der Waals surface area contributed by atoms with E-state index in [-0.39, 0.29) is 17.9 Å². The average molecular weight is 407 g/mol. The highest BCUT2D eigenvalue weighted by atomic mass is 16.5. The Morgan fingerprint density at radius 3 is 2.73 bits per heavy atom. The lowest BCUT2D eigenvalue weighted by atomic mass is 10.1. The maximum atomic E-state index is 13.4. The number of benzene rings is 1. The zero-order valence-electron chi connectivity index (χ0n) is 18.2. The number of hydrogen-bond acceptors (Lipinski definition) is 5. The molecule has 2 unspecified atom stereocenters. The van der Waals surface area contributed by atoms with Crippen LogP contribution in [-0.2, 0) is 0 Å². The lowest BCUT2D eigenvalue weighted by molar-refractivity contribution is 0.0689. The fourth-order valence-corrected chi connectivity index (χ4v) is 4.43. The molecular formula is C24H30N4O2. The molecule has 0 radical (unpaired) electrons. The number of fused-ring (bicyclic) bond motifs is 1. The second-order valence-electron chi connectivity index (χ2n) is 8.41. The lowest BCUT2D eigenvalue weighted by Crippen LogP contribution is -2.42. The predicted octanol–water partition coefficient (Wildman–Crippen LogP) is 4.64. The number of carbonyl (C=O) groups excluding carboxylic acids is 1. The van der Waals surface area contributed by atoms with Crippen molar-refractivity contribution in [3.05, 3.63) is 59.4 Å². The van der Waals surface area contributed by atoms with Crippen LogP contribution in [0.1, 0.15) is 67.7 Å². The number of rotatable bonds is 6. The summed E-state index contributed by atoms with van der Waals surface area (Å²) in [7, 11) is 0. The van der Waals surface area contributed by atoms with Gasteiger partial charge in [0.2, 0.25) is 0 Å². The molecule has 1 saturated heterocycles. The molecule has 1 amide bonds. The summed E-state index contributed by atoms with van der Waals surface area (Å²) >= 11 is 0. The van der Waals surface area contributed by atoms with Gasteiger partial charge in [-0.3, -0.25) is 9.69 Å². The van der Waals surface area contributed by atoms with Gasteiger partial charge < -0.3 is 9.42 Å². The van der Waals surface area contributed by atoms with E-state index in [1.807, 2.05) is 24.0 Å². The predicted molar refractivity (Wildman–Crippen MR) is 117 cm³/mol. The summed E-state index contributed by atoms with van der Waals surface area (Å²) in [6.07, 6.45) is 2.60. The van der Waals surface area contributed by atoms with E-state index in [1.165, 1.54) is 5.56 Å². The Bertz CT molecular complexity index is 1010. The quantitative estimate of drug-likeness (QED) is 0.597. The molecule has 158 valence electrons. The summed E-state index contributed by atoms with van der Waals surface area (Å²) in [4.78, 5) is 22.2. The minimum Gasteiger partial charge on any atom is -0.336 e. The maximum absolute atomic E-state index is 13.4. The van der Waals surface area contributed by atoms with Crippen LogP contribution in [0.2, 0.25) is 0 Å². The number of nitrogens with zero attached hydrogens (tertiary/aromatic N) is 4. The summed E-state index contributed by atoms with van der Waals surface area (Å²) in [5, 5.41) is 4.96. The summed E-state index contributed by atoms with van der Waals surface area (Å²) in [5.74, 6) is 0.241. The third-order valence-electron chi connectivity index (χ3n) is 6.22. The second-order valence-corrected chi connectivity index (χ2v) is 8.41. The molecule has 6 heteroatoms. The molecule has 3 heterocycles. The third kappa shape index (κ3) is 3.84. The van der Waals surface area contributed by atoms with Crippen LogP contribution in [0.25, 0.3) is 11.1 Å². The van der Waals surface area contributed by atoms with Crippen molar-refractivity contribution in [2.45, 2.75) is 52.1 Å². The monoisotopic (exact) mass is 406 g/mol. The van der Waals surface area contributed by atoms with E-state index in [0.717, 1.165) is 30.6 Å². The van der Waals surface area contributed by atoms with Crippen LogP contribution in [0.15, 0.2) is 47.1 Å². The molecule has 0 spiro atoms. The summed E-state index contributed by atoms with van der Waals surface area (Å²) in [5.41, 5.74) is 3.25. The molecule has 4 rings (SSSR count). The Hall–Kier alpha value is -2.73. The minimum absolute atomic E-state index is 0.0296. The van der Waals surface area contributed by atoms with Gasteiger partial charge in [0.1, 0.15) is 0 Å². The van der Waals surface area contributed by atoms with E-state index < -0.39 is 0 Å². The molecule has 6 nitrogen and oxygen atoms in total. The summed E-state index contributed by atoms with van der Waals surface area (Å²) < 4.78 is 5.32. The number of aromatic nitrogens is 2. The Balaban J connectivity index is 1.52. The number of hydrogen-bond donors (Lipinski definition) is 0.